The van der Waals surface area contributed by atoms with Gasteiger partial charge in [0.25, 0.3) is 0 Å². The number of ether oxygens (including phenoxy) is 1. The molecule has 0 saturated heterocycles. The van der Waals surface area contributed by atoms with E-state index in [4.69, 9.17) is 4.74 Å². The third-order valence-corrected chi connectivity index (χ3v) is 3.85. The summed E-state index contributed by atoms with van der Waals surface area (Å²) in [6, 6.07) is 7.56. The molecule has 0 fully saturated rings. The van der Waals surface area contributed by atoms with Gasteiger partial charge in [-0.3, -0.25) is 4.79 Å². The summed E-state index contributed by atoms with van der Waals surface area (Å²) < 4.78 is 5.14. The molecule has 0 bridgehead atoms. The molecule has 0 unspecified atom stereocenters. The zero-order valence-corrected chi connectivity index (χ0v) is 12.9. The fraction of sp³-hybridized carbons (Fsp3) is 0.250. The molecule has 0 spiro atoms. The summed E-state index contributed by atoms with van der Waals surface area (Å²) >= 11 is 1.62. The molecule has 4 nitrogen and oxygen atoms in total. The maximum atomic E-state index is 11.7. The van der Waals surface area contributed by atoms with Gasteiger partial charge in [0.05, 0.1) is 12.1 Å². The maximum Gasteiger partial charge on any atom is 0.244 e. The Bertz CT molecular complexity index is 635. The number of carbonyl (C=O) groups excluding carboxylic acids is 1. The van der Waals surface area contributed by atoms with E-state index in [9.17, 15) is 4.79 Å². The summed E-state index contributed by atoms with van der Waals surface area (Å²) in [6.07, 6.45) is 4.06. The number of aryl methyl sites for hydroxylation is 1. The van der Waals surface area contributed by atoms with E-state index < -0.39 is 0 Å². The molecule has 0 aliphatic carbocycles. The Hall–Kier alpha value is -2.14. The van der Waals surface area contributed by atoms with Crippen molar-refractivity contribution in [3.05, 3.63) is 52.0 Å². The molecule has 0 atom stereocenters. The average Bonchev–Trinajstić information content (AvgIpc) is 2.91. The molecule has 0 aliphatic heterocycles. The number of aromatic nitrogens is 1. The number of nitrogens with one attached hydrogen (secondary N) is 1. The van der Waals surface area contributed by atoms with Gasteiger partial charge in [-0.1, -0.05) is 12.1 Å². The molecule has 1 amide bonds. The summed E-state index contributed by atoms with van der Waals surface area (Å²) in [5.74, 6) is 0.669. The van der Waals surface area contributed by atoms with E-state index in [2.05, 4.69) is 10.3 Å². The molecular formula is C16H18N2O2S. The molecule has 1 aromatic carbocycles. The minimum atomic E-state index is -0.105. The van der Waals surface area contributed by atoms with Gasteiger partial charge in [-0.05, 0) is 30.7 Å². The Kier molecular flexibility index (Phi) is 5.51. The molecular weight excluding hydrogens is 284 g/mol. The van der Waals surface area contributed by atoms with Crippen molar-refractivity contribution in [3.63, 3.8) is 0 Å². The van der Waals surface area contributed by atoms with Crippen molar-refractivity contribution in [2.45, 2.75) is 13.3 Å². The number of amides is 1. The lowest BCUT2D eigenvalue weighted by atomic mass is 10.2. The van der Waals surface area contributed by atoms with Crippen LogP contribution in [0, 0.1) is 6.92 Å². The zero-order valence-electron chi connectivity index (χ0n) is 12.1. The van der Waals surface area contributed by atoms with Crippen molar-refractivity contribution >= 4 is 23.3 Å². The van der Waals surface area contributed by atoms with Crippen LogP contribution >= 0.6 is 11.3 Å². The monoisotopic (exact) mass is 302 g/mol. The molecule has 0 radical (unpaired) electrons. The van der Waals surface area contributed by atoms with Crippen molar-refractivity contribution in [1.82, 2.24) is 10.3 Å². The van der Waals surface area contributed by atoms with Crippen LogP contribution in [0.3, 0.4) is 0 Å². The van der Waals surface area contributed by atoms with Crippen LogP contribution in [-0.4, -0.2) is 24.5 Å². The Labute approximate surface area is 128 Å². The van der Waals surface area contributed by atoms with Crippen LogP contribution in [0.2, 0.25) is 0 Å². The predicted molar refractivity (Wildman–Crippen MR) is 85.6 cm³/mol. The van der Waals surface area contributed by atoms with Gasteiger partial charge >= 0.3 is 0 Å². The number of hydrogen-bond donors (Lipinski definition) is 1. The van der Waals surface area contributed by atoms with Gasteiger partial charge < -0.3 is 10.1 Å². The highest BCUT2D eigenvalue weighted by Crippen LogP contribution is 2.13. The van der Waals surface area contributed by atoms with Crippen LogP contribution in [0.4, 0.5) is 0 Å². The number of nitrogens with zero attached hydrogens (tertiary/aromatic N) is 1. The van der Waals surface area contributed by atoms with Crippen molar-refractivity contribution < 1.29 is 9.53 Å². The molecule has 2 rings (SSSR count). The summed E-state index contributed by atoms with van der Waals surface area (Å²) in [5.41, 5.74) is 1.96. The SMILES string of the molecule is COc1cccc(/C=C/C(=O)NCCc2nc(C)cs2)c1. The van der Waals surface area contributed by atoms with E-state index in [1.807, 2.05) is 36.6 Å². The molecule has 21 heavy (non-hydrogen) atoms. The van der Waals surface area contributed by atoms with E-state index in [1.54, 1.807) is 24.5 Å². The Morgan fingerprint density at radius 1 is 1.48 bits per heavy atom. The highest BCUT2D eigenvalue weighted by Gasteiger charge is 2.00. The van der Waals surface area contributed by atoms with Gasteiger partial charge in [0.15, 0.2) is 0 Å². The average molecular weight is 302 g/mol. The second kappa shape index (κ2) is 7.59. The molecule has 1 heterocycles. The van der Waals surface area contributed by atoms with Crippen LogP contribution < -0.4 is 10.1 Å². The number of hydrogen-bond acceptors (Lipinski definition) is 4. The highest BCUT2D eigenvalue weighted by molar-refractivity contribution is 7.09. The third-order valence-electron chi connectivity index (χ3n) is 2.83. The minimum Gasteiger partial charge on any atom is -0.497 e. The second-order valence-electron chi connectivity index (χ2n) is 4.53. The van der Waals surface area contributed by atoms with Crippen molar-refractivity contribution in [2.75, 3.05) is 13.7 Å². The predicted octanol–water partition coefficient (Wildman–Crippen LogP) is 2.83. The molecule has 1 N–H and O–H groups in total. The van der Waals surface area contributed by atoms with Gasteiger partial charge in [0.1, 0.15) is 5.75 Å². The van der Waals surface area contributed by atoms with Crippen LogP contribution in [0.25, 0.3) is 6.08 Å². The van der Waals surface area contributed by atoms with Gasteiger partial charge in [-0.2, -0.15) is 0 Å². The van der Waals surface area contributed by atoms with Crippen LogP contribution in [-0.2, 0) is 11.2 Å². The number of rotatable bonds is 6. The largest absolute Gasteiger partial charge is 0.497 e. The first-order valence-electron chi connectivity index (χ1n) is 6.68. The maximum absolute atomic E-state index is 11.7. The first-order chi connectivity index (χ1) is 10.2. The number of carbonyl (C=O) groups is 1. The van der Waals surface area contributed by atoms with Gasteiger partial charge in [-0.15, -0.1) is 11.3 Å². The number of benzene rings is 1. The lowest BCUT2D eigenvalue weighted by molar-refractivity contribution is -0.116. The van der Waals surface area contributed by atoms with E-state index in [1.165, 1.54) is 6.08 Å². The van der Waals surface area contributed by atoms with E-state index in [0.29, 0.717) is 6.54 Å². The van der Waals surface area contributed by atoms with Crippen LogP contribution in [0.5, 0.6) is 5.75 Å². The summed E-state index contributed by atoms with van der Waals surface area (Å²) in [6.45, 7) is 2.56. The van der Waals surface area contributed by atoms with E-state index in [-0.39, 0.29) is 5.91 Å². The molecule has 0 aliphatic rings. The quantitative estimate of drug-likeness (QED) is 0.835. The van der Waals surface area contributed by atoms with Crippen molar-refractivity contribution in [2.24, 2.45) is 0 Å². The van der Waals surface area contributed by atoms with Gasteiger partial charge in [0, 0.05) is 30.1 Å². The smallest absolute Gasteiger partial charge is 0.244 e. The highest BCUT2D eigenvalue weighted by atomic mass is 32.1. The van der Waals surface area contributed by atoms with E-state index in [0.717, 1.165) is 28.4 Å². The zero-order chi connectivity index (χ0) is 15.1. The van der Waals surface area contributed by atoms with Crippen molar-refractivity contribution in [3.8, 4) is 5.75 Å². The summed E-state index contributed by atoms with van der Waals surface area (Å²) in [7, 11) is 1.62. The first kappa shape index (κ1) is 15.3. The Balaban J connectivity index is 1.79. The van der Waals surface area contributed by atoms with Crippen LogP contribution in [0.1, 0.15) is 16.3 Å². The lowest BCUT2D eigenvalue weighted by Crippen LogP contribution is -2.23. The van der Waals surface area contributed by atoms with Gasteiger partial charge in [-0.25, -0.2) is 4.98 Å². The second-order valence-corrected chi connectivity index (χ2v) is 5.48. The lowest BCUT2D eigenvalue weighted by Gasteiger charge is -2.01. The molecule has 5 heteroatoms. The normalized spacial score (nSPS) is 10.8. The van der Waals surface area contributed by atoms with Crippen molar-refractivity contribution in [1.29, 1.82) is 0 Å². The van der Waals surface area contributed by atoms with E-state index >= 15 is 0 Å². The topological polar surface area (TPSA) is 51.2 Å². The standard InChI is InChI=1S/C16H18N2O2S/c1-12-11-21-16(18-12)8-9-17-15(19)7-6-13-4-3-5-14(10-13)20-2/h3-7,10-11H,8-9H2,1-2H3,(H,17,19)/b7-6+. The number of thiazole rings is 1. The Morgan fingerprint density at radius 3 is 3.05 bits per heavy atom. The minimum absolute atomic E-state index is 0.105. The third kappa shape index (κ3) is 5.04. The molecule has 1 aromatic heterocycles. The number of methoxy groups -OCH3 is 1. The molecule has 0 saturated carbocycles. The van der Waals surface area contributed by atoms with Gasteiger partial charge in [0.2, 0.25) is 5.91 Å². The summed E-state index contributed by atoms with van der Waals surface area (Å²) in [5, 5.41) is 5.91. The fourth-order valence-electron chi connectivity index (χ4n) is 1.79. The first-order valence-corrected chi connectivity index (χ1v) is 7.56. The fourth-order valence-corrected chi connectivity index (χ4v) is 2.56. The molecule has 110 valence electrons. The summed E-state index contributed by atoms with van der Waals surface area (Å²) in [4.78, 5) is 16.1. The van der Waals surface area contributed by atoms with Crippen LogP contribution in [0.15, 0.2) is 35.7 Å². The Morgan fingerprint density at radius 2 is 2.33 bits per heavy atom. The molecule has 2 aromatic rings.